The quantitative estimate of drug-likeness (QED) is 0.855. The van der Waals surface area contributed by atoms with Crippen LogP contribution in [0.25, 0.3) is 0 Å². The molecule has 0 aliphatic carbocycles. The summed E-state index contributed by atoms with van der Waals surface area (Å²) in [6, 6.07) is 14.0. The Morgan fingerprint density at radius 2 is 1.88 bits per heavy atom. The lowest BCUT2D eigenvalue weighted by Crippen LogP contribution is -2.30. The molecule has 0 aliphatic rings. The number of nitriles is 1. The van der Waals surface area contributed by atoms with Gasteiger partial charge in [0.05, 0.1) is 25.9 Å². The number of benzene rings is 2. The number of ether oxygens (including phenoxy) is 2. The molecule has 2 aromatic carbocycles. The number of hydrogen-bond acceptors (Lipinski definition) is 4. The molecule has 2 N–H and O–H groups in total. The van der Waals surface area contributed by atoms with Gasteiger partial charge in [-0.1, -0.05) is 12.1 Å². The Morgan fingerprint density at radius 3 is 2.50 bits per heavy atom. The highest BCUT2D eigenvalue weighted by Crippen LogP contribution is 2.30. The summed E-state index contributed by atoms with van der Waals surface area (Å²) >= 11 is 0. The van der Waals surface area contributed by atoms with Crippen LogP contribution in [0.2, 0.25) is 0 Å². The van der Waals surface area contributed by atoms with Crippen LogP contribution >= 0.6 is 0 Å². The zero-order valence-corrected chi connectivity index (χ0v) is 13.6. The molecule has 0 aliphatic heterocycles. The number of methoxy groups -OCH3 is 2. The normalized spacial score (nSPS) is 9.71. The van der Waals surface area contributed by atoms with Crippen molar-refractivity contribution in [3.63, 3.8) is 0 Å². The molecule has 124 valence electrons. The van der Waals surface area contributed by atoms with Crippen LogP contribution < -0.4 is 20.1 Å². The molecule has 0 bridgehead atoms. The average Bonchev–Trinajstić information content (AvgIpc) is 2.62. The van der Waals surface area contributed by atoms with Gasteiger partial charge in [-0.2, -0.15) is 5.26 Å². The van der Waals surface area contributed by atoms with Crippen molar-refractivity contribution >= 4 is 11.7 Å². The Morgan fingerprint density at radius 1 is 1.12 bits per heavy atom. The van der Waals surface area contributed by atoms with E-state index in [2.05, 4.69) is 10.6 Å². The molecule has 2 amide bonds. The lowest BCUT2D eigenvalue weighted by molar-refractivity contribution is 0.252. The van der Waals surface area contributed by atoms with Crippen molar-refractivity contribution in [2.24, 2.45) is 0 Å². The maximum Gasteiger partial charge on any atom is 0.319 e. The largest absolute Gasteiger partial charge is 0.493 e. The summed E-state index contributed by atoms with van der Waals surface area (Å²) in [5.41, 5.74) is 2.13. The number of anilines is 1. The minimum atomic E-state index is -0.304. The summed E-state index contributed by atoms with van der Waals surface area (Å²) in [4.78, 5) is 11.9. The molecule has 0 saturated heterocycles. The second kappa shape index (κ2) is 8.44. The first kappa shape index (κ1) is 17.2. The summed E-state index contributed by atoms with van der Waals surface area (Å²) in [5, 5.41) is 14.2. The Kier molecular flexibility index (Phi) is 6.03. The van der Waals surface area contributed by atoms with Crippen LogP contribution in [0.3, 0.4) is 0 Å². The lowest BCUT2D eigenvalue weighted by atomic mass is 10.1. The topological polar surface area (TPSA) is 83.4 Å². The zero-order chi connectivity index (χ0) is 17.4. The predicted molar refractivity (Wildman–Crippen MR) is 91.4 cm³/mol. The van der Waals surface area contributed by atoms with Crippen molar-refractivity contribution in [1.29, 1.82) is 5.26 Å². The Labute approximate surface area is 141 Å². The molecule has 2 rings (SSSR count). The number of carbonyl (C=O) groups is 1. The van der Waals surface area contributed by atoms with Crippen LogP contribution in [-0.2, 0) is 6.42 Å². The minimum Gasteiger partial charge on any atom is -0.493 e. The van der Waals surface area contributed by atoms with Gasteiger partial charge in [0.25, 0.3) is 0 Å². The Hall–Kier alpha value is -3.20. The first-order valence-corrected chi connectivity index (χ1v) is 7.42. The van der Waals surface area contributed by atoms with Crippen LogP contribution in [0.1, 0.15) is 11.1 Å². The van der Waals surface area contributed by atoms with Crippen LogP contribution in [0.5, 0.6) is 11.5 Å². The number of nitrogens with zero attached hydrogens (tertiary/aromatic N) is 1. The molecular formula is C18H19N3O3. The van der Waals surface area contributed by atoms with E-state index in [9.17, 15) is 4.79 Å². The van der Waals surface area contributed by atoms with E-state index in [1.807, 2.05) is 24.3 Å². The summed E-state index contributed by atoms with van der Waals surface area (Å²) in [7, 11) is 3.18. The first-order chi connectivity index (χ1) is 11.7. The molecule has 0 fully saturated rings. The highest BCUT2D eigenvalue weighted by Gasteiger charge is 2.09. The summed E-state index contributed by atoms with van der Waals surface area (Å²) in [5.74, 6) is 1.34. The van der Waals surface area contributed by atoms with Crippen LogP contribution in [0.15, 0.2) is 42.5 Å². The van der Waals surface area contributed by atoms with Crippen molar-refractivity contribution in [3.8, 4) is 17.6 Å². The third kappa shape index (κ3) is 4.40. The van der Waals surface area contributed by atoms with Crippen molar-refractivity contribution < 1.29 is 14.3 Å². The van der Waals surface area contributed by atoms with Gasteiger partial charge in [0.15, 0.2) is 11.5 Å². The van der Waals surface area contributed by atoms with Gasteiger partial charge in [-0.3, -0.25) is 0 Å². The second-order valence-corrected chi connectivity index (χ2v) is 4.97. The number of urea groups is 1. The van der Waals surface area contributed by atoms with Crippen molar-refractivity contribution in [2.45, 2.75) is 6.42 Å². The molecule has 0 unspecified atom stereocenters. The molecule has 2 aromatic rings. The summed E-state index contributed by atoms with van der Waals surface area (Å²) < 4.78 is 10.6. The number of nitrogens with one attached hydrogen (secondary N) is 2. The molecule has 6 nitrogen and oxygen atoms in total. The minimum absolute atomic E-state index is 0.304. The molecule has 24 heavy (non-hydrogen) atoms. The fraction of sp³-hybridized carbons (Fsp3) is 0.222. The number of rotatable bonds is 6. The van der Waals surface area contributed by atoms with Gasteiger partial charge < -0.3 is 20.1 Å². The maximum absolute atomic E-state index is 11.9. The Balaban J connectivity index is 1.87. The Bertz CT molecular complexity index is 736. The third-order valence-electron chi connectivity index (χ3n) is 3.44. The van der Waals surface area contributed by atoms with E-state index >= 15 is 0 Å². The zero-order valence-electron chi connectivity index (χ0n) is 13.6. The number of carbonyl (C=O) groups excluding carboxylic acids is 1. The van der Waals surface area contributed by atoms with Gasteiger partial charge in [0.1, 0.15) is 0 Å². The standard InChI is InChI=1S/C18H19N3O3/c1-23-16-5-3-4-14(17(16)24-2)10-11-20-18(22)21-15-8-6-13(12-19)7-9-15/h3-9H,10-11H2,1-2H3,(H2,20,21,22). The van der Waals surface area contributed by atoms with E-state index in [0.29, 0.717) is 35.7 Å². The number of amides is 2. The van der Waals surface area contributed by atoms with Gasteiger partial charge in [-0.15, -0.1) is 0 Å². The lowest BCUT2D eigenvalue weighted by Gasteiger charge is -2.13. The molecule has 0 atom stereocenters. The third-order valence-corrected chi connectivity index (χ3v) is 3.44. The highest BCUT2D eigenvalue weighted by molar-refractivity contribution is 5.89. The van der Waals surface area contributed by atoms with Crippen molar-refractivity contribution in [3.05, 3.63) is 53.6 Å². The van der Waals surface area contributed by atoms with Gasteiger partial charge in [-0.25, -0.2) is 4.79 Å². The average molecular weight is 325 g/mol. The predicted octanol–water partition coefficient (Wildman–Crippen LogP) is 2.94. The van der Waals surface area contributed by atoms with Gasteiger partial charge in [0.2, 0.25) is 0 Å². The van der Waals surface area contributed by atoms with Crippen LogP contribution in [-0.4, -0.2) is 26.8 Å². The summed E-state index contributed by atoms with van der Waals surface area (Å²) in [6.45, 7) is 0.450. The van der Waals surface area contributed by atoms with E-state index < -0.39 is 0 Å². The molecular weight excluding hydrogens is 306 g/mol. The molecule has 6 heteroatoms. The monoisotopic (exact) mass is 325 g/mol. The SMILES string of the molecule is COc1cccc(CCNC(=O)Nc2ccc(C#N)cc2)c1OC. The van der Waals surface area contributed by atoms with Gasteiger partial charge >= 0.3 is 6.03 Å². The smallest absolute Gasteiger partial charge is 0.319 e. The number of hydrogen-bond donors (Lipinski definition) is 2. The second-order valence-electron chi connectivity index (χ2n) is 4.97. The van der Waals surface area contributed by atoms with Gasteiger partial charge in [-0.05, 0) is 42.3 Å². The first-order valence-electron chi connectivity index (χ1n) is 7.42. The molecule has 0 aromatic heterocycles. The highest BCUT2D eigenvalue weighted by atomic mass is 16.5. The van der Waals surface area contributed by atoms with E-state index in [1.165, 1.54) is 0 Å². The fourth-order valence-corrected chi connectivity index (χ4v) is 2.26. The number of para-hydroxylation sites is 1. The van der Waals surface area contributed by atoms with Crippen LogP contribution in [0.4, 0.5) is 10.5 Å². The van der Waals surface area contributed by atoms with E-state index in [1.54, 1.807) is 38.5 Å². The van der Waals surface area contributed by atoms with E-state index in [4.69, 9.17) is 14.7 Å². The van der Waals surface area contributed by atoms with E-state index in [-0.39, 0.29) is 6.03 Å². The maximum atomic E-state index is 11.9. The molecule has 0 saturated carbocycles. The van der Waals surface area contributed by atoms with Crippen LogP contribution in [0, 0.1) is 11.3 Å². The van der Waals surface area contributed by atoms with Crippen molar-refractivity contribution in [1.82, 2.24) is 5.32 Å². The van der Waals surface area contributed by atoms with Crippen molar-refractivity contribution in [2.75, 3.05) is 26.1 Å². The van der Waals surface area contributed by atoms with Gasteiger partial charge in [0, 0.05) is 12.2 Å². The fourth-order valence-electron chi connectivity index (χ4n) is 2.26. The van der Waals surface area contributed by atoms with E-state index in [0.717, 1.165) is 5.56 Å². The summed E-state index contributed by atoms with van der Waals surface area (Å²) in [6.07, 6.45) is 0.612. The molecule has 0 spiro atoms. The molecule has 0 radical (unpaired) electrons. The molecule has 0 heterocycles.